The summed E-state index contributed by atoms with van der Waals surface area (Å²) in [5.41, 5.74) is 12.7. The summed E-state index contributed by atoms with van der Waals surface area (Å²) in [5.74, 6) is 1.34. The van der Waals surface area contributed by atoms with E-state index in [0.29, 0.717) is 11.8 Å². The Labute approximate surface area is 367 Å². The molecule has 4 fully saturated rings. The van der Waals surface area contributed by atoms with Gasteiger partial charge in [-0.2, -0.15) is 10.5 Å². The summed E-state index contributed by atoms with van der Waals surface area (Å²) < 4.78 is 2.73. The van der Waals surface area contributed by atoms with Gasteiger partial charge in [0.05, 0.1) is 16.8 Å². The van der Waals surface area contributed by atoms with E-state index in [2.05, 4.69) is 114 Å². The molecule has 6 heteroatoms. The Morgan fingerprint density at radius 1 is 0.717 bits per heavy atom. The van der Waals surface area contributed by atoms with Crippen molar-refractivity contribution in [3.63, 3.8) is 0 Å². The Hall–Kier alpha value is -4.26. The first-order valence-corrected chi connectivity index (χ1v) is 24.3. The highest BCUT2D eigenvalue weighted by molar-refractivity contribution is 7.80. The van der Waals surface area contributed by atoms with E-state index in [0.717, 1.165) is 73.1 Å². The molecule has 1 N–H and O–H groups in total. The third kappa shape index (κ3) is 8.61. The van der Waals surface area contributed by atoms with Crippen molar-refractivity contribution in [1.29, 1.82) is 10.5 Å². The van der Waals surface area contributed by atoms with Crippen molar-refractivity contribution in [2.45, 2.75) is 165 Å². The van der Waals surface area contributed by atoms with Crippen LogP contribution in [0.2, 0.25) is 5.82 Å². The van der Waals surface area contributed by atoms with Crippen LogP contribution in [0.5, 0.6) is 0 Å². The molecule has 2 aromatic carbocycles. The molecule has 1 aliphatic heterocycles. The predicted molar refractivity (Wildman–Crippen MR) is 253 cm³/mol. The second-order valence-corrected chi connectivity index (χ2v) is 19.2. The van der Waals surface area contributed by atoms with Gasteiger partial charge in [-0.15, -0.1) is 12.6 Å². The zero-order valence-corrected chi connectivity index (χ0v) is 37.3. The van der Waals surface area contributed by atoms with E-state index < -0.39 is 0 Å². The zero-order valence-electron chi connectivity index (χ0n) is 36.4. The lowest BCUT2D eigenvalue weighted by Crippen LogP contribution is -2.48. The van der Waals surface area contributed by atoms with Crippen LogP contribution in [-0.2, 0) is 0 Å². The zero-order chi connectivity index (χ0) is 41.4. The number of aromatic nitrogens is 1. The van der Waals surface area contributed by atoms with Crippen molar-refractivity contribution in [3.05, 3.63) is 124 Å². The maximum absolute atomic E-state index is 11.8. The summed E-state index contributed by atoms with van der Waals surface area (Å²) in [6.45, 7) is 4.33. The molecule has 0 saturated heterocycles. The number of aromatic amines is 1. The Balaban J connectivity index is 1.55. The quantitative estimate of drug-likeness (QED) is 0.115. The van der Waals surface area contributed by atoms with E-state index >= 15 is 0 Å². The summed E-state index contributed by atoms with van der Waals surface area (Å²) in [4.78, 5) is 5.20. The third-order valence-electron chi connectivity index (χ3n) is 14.9. The molecule has 4 saturated carbocycles. The highest BCUT2D eigenvalue weighted by Gasteiger charge is 2.53. The number of hydrogen-bond donors (Lipinski definition) is 2. The molecule has 5 aliphatic rings. The van der Waals surface area contributed by atoms with Gasteiger partial charge < -0.3 is 4.98 Å². The molecule has 4 nitrogen and oxygen atoms in total. The predicted octanol–water partition coefficient (Wildman–Crippen LogP) is 13.9. The second kappa shape index (κ2) is 20.1. The van der Waals surface area contributed by atoms with Gasteiger partial charge in [-0.25, -0.2) is 0 Å². The van der Waals surface area contributed by atoms with Crippen LogP contribution in [0.1, 0.15) is 182 Å². The van der Waals surface area contributed by atoms with Crippen molar-refractivity contribution >= 4 is 36.2 Å². The van der Waals surface area contributed by atoms with Gasteiger partial charge in [0.1, 0.15) is 17.7 Å². The van der Waals surface area contributed by atoms with Gasteiger partial charge in [0, 0.05) is 39.3 Å². The maximum atomic E-state index is 11.8. The fraction of sp³-hybridized carbons (Fsp3) is 0.500. The molecule has 1 aromatic heterocycles. The van der Waals surface area contributed by atoms with E-state index in [1.165, 1.54) is 122 Å². The van der Waals surface area contributed by atoms with Crippen LogP contribution in [0.15, 0.2) is 101 Å². The third-order valence-corrected chi connectivity index (χ3v) is 15.3. The monoisotopic (exact) mass is 814 g/mol. The minimum atomic E-state index is -0.114. The lowest BCUT2D eigenvalue weighted by Gasteiger charge is -2.28. The topological polar surface area (TPSA) is 66.4 Å². The fourth-order valence-corrected chi connectivity index (χ4v) is 12.4. The summed E-state index contributed by atoms with van der Waals surface area (Å²) in [7, 11) is 0. The number of rotatable bonds is 11. The van der Waals surface area contributed by atoms with E-state index in [-0.39, 0.29) is 24.5 Å². The van der Waals surface area contributed by atoms with Gasteiger partial charge in [-0.05, 0) is 87.3 Å². The van der Waals surface area contributed by atoms with Gasteiger partial charge in [-0.3, -0.25) is 4.49 Å². The first-order valence-electron chi connectivity index (χ1n) is 23.9. The molecule has 8 rings (SSSR count). The smallest absolute Gasteiger partial charge is 0.357 e. The van der Waals surface area contributed by atoms with Crippen LogP contribution in [0.4, 0.5) is 0 Å². The van der Waals surface area contributed by atoms with Crippen LogP contribution < -0.4 is 5.46 Å². The molecule has 1 atom stereocenters. The Morgan fingerprint density at radius 2 is 1.28 bits per heavy atom. The van der Waals surface area contributed by atoms with Crippen molar-refractivity contribution < 1.29 is 4.49 Å². The van der Waals surface area contributed by atoms with Gasteiger partial charge in [-0.1, -0.05) is 157 Å². The molecule has 2 heterocycles. The lowest BCUT2D eigenvalue weighted by atomic mass is 9.45. The molecule has 0 radical (unpaired) electrons. The summed E-state index contributed by atoms with van der Waals surface area (Å²) in [6.07, 6.45) is 32.3. The van der Waals surface area contributed by atoms with E-state index in [9.17, 15) is 10.5 Å². The number of nitrogens with one attached hydrogen (secondary N) is 1. The molecule has 0 spiro atoms. The molecule has 60 heavy (non-hydrogen) atoms. The first kappa shape index (κ1) is 42.4. The van der Waals surface area contributed by atoms with Gasteiger partial charge in [0.2, 0.25) is 0 Å². The normalized spacial score (nSPS) is 21.8. The molecule has 0 amide bonds. The van der Waals surface area contributed by atoms with Crippen LogP contribution in [0.3, 0.4) is 0 Å². The minimum absolute atomic E-state index is 0.0830. The Bertz CT molecular complexity index is 2220. The molecule has 1 unspecified atom stereocenters. The van der Waals surface area contributed by atoms with Crippen molar-refractivity contribution in [2.24, 2.45) is 11.8 Å². The Kier molecular flexibility index (Phi) is 14.2. The fourth-order valence-electron chi connectivity index (χ4n) is 12.1. The number of nitriles is 2. The van der Waals surface area contributed by atoms with Crippen LogP contribution in [0, 0.1) is 34.5 Å². The number of allylic oxidation sites excluding steroid dienone is 6. The largest absolute Gasteiger partial charge is 0.532 e. The van der Waals surface area contributed by atoms with Crippen LogP contribution >= 0.6 is 12.6 Å². The number of benzene rings is 2. The summed E-state index contributed by atoms with van der Waals surface area (Å²) >= 11 is 5.24. The first-order chi connectivity index (χ1) is 29.5. The Morgan fingerprint density at radius 3 is 1.87 bits per heavy atom. The van der Waals surface area contributed by atoms with Gasteiger partial charge in [0.25, 0.3) is 0 Å². The van der Waals surface area contributed by atoms with E-state index in [1.54, 1.807) is 0 Å². The van der Waals surface area contributed by atoms with Crippen LogP contribution in [-0.4, -0.2) is 22.0 Å². The highest BCUT2D eigenvalue weighted by Crippen LogP contribution is 2.50. The molecule has 310 valence electrons. The molecular formula is C54H66BN4S+. The molecule has 3 aromatic rings. The van der Waals surface area contributed by atoms with Crippen LogP contribution in [0.25, 0.3) is 5.57 Å². The van der Waals surface area contributed by atoms with E-state index in [1.807, 2.05) is 0 Å². The van der Waals surface area contributed by atoms with Gasteiger partial charge in [0.15, 0.2) is 11.4 Å². The minimum Gasteiger partial charge on any atom is -0.357 e. The lowest BCUT2D eigenvalue weighted by molar-refractivity contribution is -0.323. The summed E-state index contributed by atoms with van der Waals surface area (Å²) in [6, 6.07) is 25.7. The molecular weight excluding hydrogens is 748 g/mol. The molecule has 4 aliphatic carbocycles. The van der Waals surface area contributed by atoms with Gasteiger partial charge >= 0.3 is 6.85 Å². The van der Waals surface area contributed by atoms with Crippen molar-refractivity contribution in [3.8, 4) is 12.1 Å². The number of nitrogens with zero attached hydrogens (tertiary/aromatic N) is 3. The average molecular weight is 814 g/mol. The average Bonchev–Trinajstić information content (AvgIpc) is 3.85. The maximum Gasteiger partial charge on any atom is 0.532 e. The molecule has 0 bridgehead atoms. The number of H-pyrrole nitrogens is 1. The SMILES string of the molecule is C/C=C\C=C/C(C)B(c1ccccc1S)[N+]1=C(C2CCCCC2)C(C#N)=C(C2CCCCC2)/C1=C(\c1ccccc1)c1[nH]c(C2CCCCC2)c(C#N)c1C1CCCCC1. The standard InChI is InChI=1S/C54H65BN4S/c1-3-4-10-23-38(2)55(46-34-21-22-35-47(46)60)59-53(43-32-19-9-20-33-43)45(37-57)49(40-26-13-6-14-27-40)54(59)50(41-28-15-7-16-29-41)52-48(39-24-11-5-12-25-39)44(36-56)51(58-52)42-30-17-8-18-31-42/h3-4,7,10,15-16,21-23,28-29,34-35,38-40,42-43,60H,5-6,8-9,11-14,17-20,24-27,30-33H2,1-2H3/p+1/b4-3-,23-10-. The highest BCUT2D eigenvalue weighted by atomic mass is 32.1. The number of hydrogen-bond acceptors (Lipinski definition) is 3. The summed E-state index contributed by atoms with van der Waals surface area (Å²) in [5, 5.41) is 23.2. The van der Waals surface area contributed by atoms with Crippen molar-refractivity contribution in [2.75, 3.05) is 0 Å². The number of thiol groups is 1. The second-order valence-electron chi connectivity index (χ2n) is 18.7. The van der Waals surface area contributed by atoms with E-state index in [4.69, 9.17) is 12.6 Å². The van der Waals surface area contributed by atoms with Crippen molar-refractivity contribution in [1.82, 2.24) is 4.98 Å².